The third-order valence-electron chi connectivity index (χ3n) is 4.91. The number of carbonyl (C=O) groups excluding carboxylic acids is 1. The maximum atomic E-state index is 14.0. The van der Waals surface area contributed by atoms with Gasteiger partial charge in [0.1, 0.15) is 5.82 Å². The van der Waals surface area contributed by atoms with Crippen molar-refractivity contribution >= 4 is 5.91 Å². The summed E-state index contributed by atoms with van der Waals surface area (Å²) in [6, 6.07) is 6.25. The number of aromatic nitrogens is 4. The molecule has 2 aromatic heterocycles. The molecule has 0 N–H and O–H groups in total. The van der Waals surface area contributed by atoms with E-state index in [2.05, 4.69) is 15.3 Å². The summed E-state index contributed by atoms with van der Waals surface area (Å²) in [6.07, 6.45) is 1.24. The Morgan fingerprint density at radius 3 is 2.75 bits per heavy atom. The second kappa shape index (κ2) is 7.18. The van der Waals surface area contributed by atoms with E-state index in [-0.39, 0.29) is 23.3 Å². The van der Waals surface area contributed by atoms with Gasteiger partial charge in [-0.25, -0.2) is 4.39 Å². The van der Waals surface area contributed by atoms with Gasteiger partial charge >= 0.3 is 0 Å². The molecule has 1 aliphatic rings. The number of benzene rings is 1. The molecular weight excluding hydrogens is 361 g/mol. The summed E-state index contributed by atoms with van der Waals surface area (Å²) in [7, 11) is 1.86. The van der Waals surface area contributed by atoms with Crippen LogP contribution in [-0.2, 0) is 24.8 Å². The van der Waals surface area contributed by atoms with Crippen molar-refractivity contribution in [3.63, 3.8) is 0 Å². The number of aryl methyl sites for hydroxylation is 1. The monoisotopic (exact) mass is 383 g/mol. The molecule has 0 radical (unpaired) electrons. The molecule has 0 fully saturated rings. The summed E-state index contributed by atoms with van der Waals surface area (Å²) in [5, 5.41) is 12.6. The fourth-order valence-electron chi connectivity index (χ4n) is 3.52. The lowest BCUT2D eigenvalue weighted by atomic mass is 10.0. The Morgan fingerprint density at radius 1 is 1.25 bits per heavy atom. The van der Waals surface area contributed by atoms with Crippen LogP contribution in [0.1, 0.15) is 31.5 Å². The Bertz CT molecular complexity index is 1020. The van der Waals surface area contributed by atoms with E-state index in [9.17, 15) is 9.18 Å². The Labute approximate surface area is 162 Å². The van der Waals surface area contributed by atoms with Crippen LogP contribution in [0, 0.1) is 11.7 Å². The van der Waals surface area contributed by atoms with Gasteiger partial charge in [-0.15, -0.1) is 10.2 Å². The Kier molecular flexibility index (Phi) is 4.70. The van der Waals surface area contributed by atoms with Gasteiger partial charge in [0.15, 0.2) is 5.69 Å². The molecule has 0 saturated heterocycles. The number of fused-ring (bicyclic) bond motifs is 1. The van der Waals surface area contributed by atoms with Gasteiger partial charge in [0.05, 0.1) is 5.56 Å². The zero-order valence-corrected chi connectivity index (χ0v) is 16.1. The fraction of sp³-hybridized carbons (Fsp3) is 0.400. The van der Waals surface area contributed by atoms with Crippen LogP contribution in [0.3, 0.4) is 0 Å². The molecule has 28 heavy (non-hydrogen) atoms. The molecule has 146 valence electrons. The van der Waals surface area contributed by atoms with Crippen molar-refractivity contribution < 1.29 is 13.6 Å². The maximum absolute atomic E-state index is 14.0. The van der Waals surface area contributed by atoms with Crippen LogP contribution in [0.4, 0.5) is 4.39 Å². The van der Waals surface area contributed by atoms with Crippen LogP contribution in [0.2, 0.25) is 0 Å². The molecule has 0 spiro atoms. The number of amides is 1. The minimum atomic E-state index is -0.425. The van der Waals surface area contributed by atoms with Gasteiger partial charge in [0.25, 0.3) is 11.8 Å². The normalized spacial score (nSPS) is 13.8. The van der Waals surface area contributed by atoms with E-state index >= 15 is 0 Å². The molecule has 4 rings (SSSR count). The van der Waals surface area contributed by atoms with Gasteiger partial charge in [-0.05, 0) is 18.1 Å². The lowest BCUT2D eigenvalue weighted by molar-refractivity contribution is -0.132. The lowest BCUT2D eigenvalue weighted by Gasteiger charge is -2.28. The first-order valence-corrected chi connectivity index (χ1v) is 9.35. The van der Waals surface area contributed by atoms with Crippen molar-refractivity contribution in [3.8, 4) is 23.0 Å². The highest BCUT2D eigenvalue weighted by Gasteiger charge is 2.29. The average molecular weight is 383 g/mol. The Morgan fingerprint density at radius 2 is 2.00 bits per heavy atom. The lowest BCUT2D eigenvalue weighted by Crippen LogP contribution is -2.36. The second-order valence-corrected chi connectivity index (χ2v) is 7.45. The van der Waals surface area contributed by atoms with E-state index in [1.165, 1.54) is 6.07 Å². The third-order valence-corrected chi connectivity index (χ3v) is 4.91. The first-order chi connectivity index (χ1) is 13.4. The minimum Gasteiger partial charge on any atom is -0.414 e. The molecule has 7 nitrogen and oxygen atoms in total. The predicted octanol–water partition coefficient (Wildman–Crippen LogP) is 3.21. The topological polar surface area (TPSA) is 77.1 Å². The van der Waals surface area contributed by atoms with Gasteiger partial charge in [0.2, 0.25) is 5.91 Å². The van der Waals surface area contributed by atoms with E-state index < -0.39 is 5.82 Å². The van der Waals surface area contributed by atoms with E-state index in [1.54, 1.807) is 22.9 Å². The first-order valence-electron chi connectivity index (χ1n) is 9.35. The SMILES string of the molecule is CC(C)CC(=O)N1CCc2c(c(-c3nnc(-c4ccccc4F)o3)nn2C)C1. The van der Waals surface area contributed by atoms with Gasteiger partial charge < -0.3 is 9.32 Å². The molecule has 1 amide bonds. The highest BCUT2D eigenvalue weighted by molar-refractivity contribution is 5.77. The summed E-state index contributed by atoms with van der Waals surface area (Å²) < 4.78 is 21.5. The quantitative estimate of drug-likeness (QED) is 0.691. The molecule has 0 aliphatic carbocycles. The number of rotatable bonds is 4. The molecule has 3 aromatic rings. The summed E-state index contributed by atoms with van der Waals surface area (Å²) >= 11 is 0. The minimum absolute atomic E-state index is 0.107. The number of halogens is 1. The molecule has 1 aliphatic heterocycles. The fourth-order valence-corrected chi connectivity index (χ4v) is 3.52. The summed E-state index contributed by atoms with van der Waals surface area (Å²) in [5.41, 5.74) is 2.76. The number of carbonyl (C=O) groups is 1. The molecule has 0 unspecified atom stereocenters. The molecular formula is C20H22FN5O2. The second-order valence-electron chi connectivity index (χ2n) is 7.45. The standard InChI is InChI=1S/C20H22FN5O2/c1-12(2)10-17(27)26-9-8-16-14(11-26)18(24-25(16)3)20-23-22-19(28-20)13-6-4-5-7-15(13)21/h4-7,12H,8-11H2,1-3H3. The summed E-state index contributed by atoms with van der Waals surface area (Å²) in [4.78, 5) is 14.4. The molecule has 0 bridgehead atoms. The molecule has 1 aromatic carbocycles. The van der Waals surface area contributed by atoms with Crippen LogP contribution in [-0.4, -0.2) is 37.3 Å². The zero-order chi connectivity index (χ0) is 19.8. The summed E-state index contributed by atoms with van der Waals surface area (Å²) in [6.45, 7) is 5.19. The maximum Gasteiger partial charge on any atom is 0.268 e. The molecule has 3 heterocycles. The van der Waals surface area contributed by atoms with Crippen LogP contribution < -0.4 is 0 Å². The van der Waals surface area contributed by atoms with Crippen molar-refractivity contribution in [2.24, 2.45) is 13.0 Å². The van der Waals surface area contributed by atoms with Crippen molar-refractivity contribution in [2.75, 3.05) is 6.54 Å². The van der Waals surface area contributed by atoms with Crippen LogP contribution >= 0.6 is 0 Å². The van der Waals surface area contributed by atoms with Crippen molar-refractivity contribution in [3.05, 3.63) is 41.3 Å². The number of hydrogen-bond acceptors (Lipinski definition) is 5. The Hall–Kier alpha value is -3.03. The third kappa shape index (κ3) is 3.30. The van der Waals surface area contributed by atoms with Crippen LogP contribution in [0.25, 0.3) is 23.0 Å². The van der Waals surface area contributed by atoms with Gasteiger partial charge in [-0.2, -0.15) is 5.10 Å². The van der Waals surface area contributed by atoms with Crippen LogP contribution in [0.5, 0.6) is 0 Å². The first kappa shape index (κ1) is 18.3. The Balaban J connectivity index is 1.66. The van der Waals surface area contributed by atoms with Crippen molar-refractivity contribution in [1.29, 1.82) is 0 Å². The highest BCUT2D eigenvalue weighted by Crippen LogP contribution is 2.31. The van der Waals surface area contributed by atoms with E-state index in [1.807, 2.05) is 25.8 Å². The smallest absolute Gasteiger partial charge is 0.268 e. The predicted molar refractivity (Wildman–Crippen MR) is 100 cm³/mol. The van der Waals surface area contributed by atoms with Crippen LogP contribution in [0.15, 0.2) is 28.7 Å². The number of nitrogens with zero attached hydrogens (tertiary/aromatic N) is 5. The van der Waals surface area contributed by atoms with Crippen molar-refractivity contribution in [2.45, 2.75) is 33.2 Å². The van der Waals surface area contributed by atoms with Crippen molar-refractivity contribution in [1.82, 2.24) is 24.9 Å². The highest BCUT2D eigenvalue weighted by atomic mass is 19.1. The molecule has 0 atom stereocenters. The van der Waals surface area contributed by atoms with E-state index in [4.69, 9.17) is 4.42 Å². The molecule has 8 heteroatoms. The number of hydrogen-bond donors (Lipinski definition) is 0. The largest absolute Gasteiger partial charge is 0.414 e. The summed E-state index contributed by atoms with van der Waals surface area (Å²) in [5.74, 6) is 0.352. The zero-order valence-electron chi connectivity index (χ0n) is 16.1. The van der Waals surface area contributed by atoms with Gasteiger partial charge in [-0.3, -0.25) is 9.48 Å². The van der Waals surface area contributed by atoms with E-state index in [0.717, 1.165) is 17.7 Å². The average Bonchev–Trinajstić information content (AvgIpc) is 3.26. The van der Waals surface area contributed by atoms with Gasteiger partial charge in [-0.1, -0.05) is 26.0 Å². The van der Waals surface area contributed by atoms with E-state index in [0.29, 0.717) is 31.1 Å². The molecule has 0 saturated carbocycles. The van der Waals surface area contributed by atoms with Gasteiger partial charge in [0, 0.05) is 44.2 Å².